The van der Waals surface area contributed by atoms with Crippen LogP contribution in [-0.4, -0.2) is 24.3 Å². The fraction of sp³-hybridized carbons (Fsp3) is 0.214. The van der Waals surface area contributed by atoms with Gasteiger partial charge in [-0.25, -0.2) is 0 Å². The molecule has 0 spiro atoms. The first-order valence-corrected chi connectivity index (χ1v) is 16.1. The van der Waals surface area contributed by atoms with Crippen LogP contribution in [-0.2, 0) is 0 Å². The van der Waals surface area contributed by atoms with Gasteiger partial charge in [0.05, 0.1) is 0 Å². The summed E-state index contributed by atoms with van der Waals surface area (Å²) in [5.41, 5.74) is -0.463. The van der Waals surface area contributed by atoms with Crippen molar-refractivity contribution in [3.8, 4) is 0 Å². The molecule has 0 aliphatic carbocycles. The maximum absolute atomic E-state index is 13.4. The molecule has 1 amide bonds. The molecule has 0 aliphatic heterocycles. The molecule has 1 N–H and O–H groups in total. The van der Waals surface area contributed by atoms with Gasteiger partial charge in [0.15, 0.2) is 0 Å². The van der Waals surface area contributed by atoms with Gasteiger partial charge >= 0.3 is 120 Å². The van der Waals surface area contributed by atoms with E-state index in [-0.39, 0.29) is 5.76 Å². The number of benzene rings is 1. The molecule has 20 heavy (non-hydrogen) atoms. The SMILES string of the molecule is [CH3][Sn]([CH3])([CH3])[c]1ccc(C(=O)Nc2c(F)cccc2F)o1. The average Bonchev–Trinajstić information content (AvgIpc) is 2.83. The first-order chi connectivity index (χ1) is 9.29. The van der Waals surface area contributed by atoms with Gasteiger partial charge in [-0.05, 0) is 0 Å². The summed E-state index contributed by atoms with van der Waals surface area (Å²) < 4.78 is 33.2. The number of halogens is 2. The number of hydrogen-bond acceptors (Lipinski definition) is 2. The third-order valence-electron chi connectivity index (χ3n) is 2.77. The second-order valence-electron chi connectivity index (χ2n) is 5.46. The molecule has 106 valence electrons. The van der Waals surface area contributed by atoms with Gasteiger partial charge < -0.3 is 0 Å². The van der Waals surface area contributed by atoms with Crippen molar-refractivity contribution in [1.29, 1.82) is 0 Å². The molecule has 0 radical (unpaired) electrons. The molecular weight excluding hydrogens is 371 g/mol. The molecule has 0 saturated heterocycles. The summed E-state index contributed by atoms with van der Waals surface area (Å²) in [4.78, 5) is 18.4. The van der Waals surface area contributed by atoms with E-state index >= 15 is 0 Å². The van der Waals surface area contributed by atoms with Crippen molar-refractivity contribution in [3.05, 3.63) is 47.7 Å². The number of anilines is 1. The molecule has 0 saturated carbocycles. The zero-order chi connectivity index (χ0) is 14.9. The van der Waals surface area contributed by atoms with E-state index in [1.54, 1.807) is 6.07 Å². The summed E-state index contributed by atoms with van der Waals surface area (Å²) in [6.45, 7) is 0. The first kappa shape index (κ1) is 15.0. The van der Waals surface area contributed by atoms with Crippen LogP contribution >= 0.6 is 0 Å². The topological polar surface area (TPSA) is 42.2 Å². The average molecular weight is 386 g/mol. The van der Waals surface area contributed by atoms with Crippen LogP contribution < -0.4 is 9.09 Å². The Morgan fingerprint density at radius 1 is 1.10 bits per heavy atom. The molecule has 0 aliphatic rings. The molecule has 0 fully saturated rings. The molecule has 0 atom stereocenters. The Morgan fingerprint density at radius 3 is 2.20 bits per heavy atom. The van der Waals surface area contributed by atoms with E-state index in [9.17, 15) is 13.6 Å². The fourth-order valence-corrected chi connectivity index (χ4v) is 4.51. The molecule has 0 unspecified atom stereocenters. The van der Waals surface area contributed by atoms with Gasteiger partial charge in [0.2, 0.25) is 0 Å². The number of rotatable bonds is 3. The molecule has 1 heterocycles. The van der Waals surface area contributed by atoms with E-state index < -0.39 is 41.6 Å². The molecule has 2 aromatic rings. The second-order valence-corrected chi connectivity index (χ2v) is 19.7. The Kier molecular flexibility index (Phi) is 4.17. The van der Waals surface area contributed by atoms with Gasteiger partial charge in [0, 0.05) is 0 Å². The van der Waals surface area contributed by atoms with E-state index in [0.29, 0.717) is 0 Å². The van der Waals surface area contributed by atoms with Gasteiger partial charge in [-0.15, -0.1) is 0 Å². The van der Waals surface area contributed by atoms with E-state index in [1.165, 1.54) is 12.1 Å². The summed E-state index contributed by atoms with van der Waals surface area (Å²) >= 11 is -2.39. The number of furan rings is 1. The Labute approximate surface area is 119 Å². The predicted molar refractivity (Wildman–Crippen MR) is 76.0 cm³/mol. The van der Waals surface area contributed by atoms with Gasteiger partial charge in [0.25, 0.3) is 0 Å². The van der Waals surface area contributed by atoms with Crippen molar-refractivity contribution in [3.63, 3.8) is 0 Å². The van der Waals surface area contributed by atoms with Crippen LogP contribution in [0.5, 0.6) is 0 Å². The van der Waals surface area contributed by atoms with Crippen LogP contribution in [0.3, 0.4) is 0 Å². The van der Waals surface area contributed by atoms with Crippen molar-refractivity contribution in [2.45, 2.75) is 14.8 Å². The Balaban J connectivity index is 2.23. The number of hydrogen-bond donors (Lipinski definition) is 1. The second kappa shape index (κ2) is 5.55. The van der Waals surface area contributed by atoms with Crippen molar-refractivity contribution >= 4 is 33.7 Å². The Hall–Kier alpha value is -1.37. The van der Waals surface area contributed by atoms with Crippen LogP contribution in [0.1, 0.15) is 10.6 Å². The van der Waals surface area contributed by atoms with Crippen molar-refractivity contribution in [2.75, 3.05) is 5.32 Å². The summed E-state index contributed by atoms with van der Waals surface area (Å²) in [5, 5.41) is 2.20. The Morgan fingerprint density at radius 2 is 1.70 bits per heavy atom. The summed E-state index contributed by atoms with van der Waals surface area (Å²) in [5.74, 6) is -2.23. The number of nitrogens with one attached hydrogen (secondary N) is 1. The standard InChI is InChI=1S/C11H6F2NO2.3CH3.Sn/c12-7-3-1-4-8(13)10(7)14-11(15)9-5-2-6-16-9;;;;/h1-5H,(H,14,15);3*1H3;. The quantitative estimate of drug-likeness (QED) is 0.823. The fourth-order valence-electron chi connectivity index (χ4n) is 1.66. The maximum atomic E-state index is 13.4. The molecule has 3 nitrogen and oxygen atoms in total. The molecule has 6 heteroatoms. The van der Waals surface area contributed by atoms with Gasteiger partial charge in [0.1, 0.15) is 0 Å². The van der Waals surface area contributed by atoms with E-state index in [2.05, 4.69) is 20.1 Å². The molecule has 1 aromatic carbocycles. The monoisotopic (exact) mass is 387 g/mol. The third kappa shape index (κ3) is 3.20. The molecule has 0 bridgehead atoms. The van der Waals surface area contributed by atoms with Crippen LogP contribution in [0.25, 0.3) is 0 Å². The summed E-state index contributed by atoms with van der Waals surface area (Å²) in [6, 6.07) is 6.70. The predicted octanol–water partition coefficient (Wildman–Crippen LogP) is 3.36. The third-order valence-corrected chi connectivity index (χ3v) is 7.76. The Bertz CT molecular complexity index is 627. The zero-order valence-corrected chi connectivity index (χ0v) is 14.3. The van der Waals surface area contributed by atoms with Gasteiger partial charge in [-0.1, -0.05) is 0 Å². The number of carbonyl (C=O) groups excluding carboxylic acids is 1. The van der Waals surface area contributed by atoms with Crippen LogP contribution in [0, 0.1) is 11.6 Å². The molecule has 2 rings (SSSR count). The van der Waals surface area contributed by atoms with Crippen molar-refractivity contribution in [2.24, 2.45) is 0 Å². The van der Waals surface area contributed by atoms with Crippen molar-refractivity contribution in [1.82, 2.24) is 0 Å². The molecular formula is C14H15F2NO2Sn. The van der Waals surface area contributed by atoms with Gasteiger partial charge in [-0.3, -0.25) is 0 Å². The zero-order valence-electron chi connectivity index (χ0n) is 11.5. The van der Waals surface area contributed by atoms with Crippen molar-refractivity contribution < 1.29 is 18.0 Å². The number of amides is 1. The molecule has 1 aromatic heterocycles. The van der Waals surface area contributed by atoms with Crippen LogP contribution in [0.15, 0.2) is 34.7 Å². The van der Waals surface area contributed by atoms with Crippen LogP contribution in [0.2, 0.25) is 14.8 Å². The normalized spacial score (nSPS) is 11.4. The van der Waals surface area contributed by atoms with E-state index in [0.717, 1.165) is 15.9 Å². The summed E-state index contributed by atoms with van der Waals surface area (Å²) in [6.07, 6.45) is 0. The van der Waals surface area contributed by atoms with E-state index in [1.807, 2.05) is 0 Å². The van der Waals surface area contributed by atoms with Crippen LogP contribution in [0.4, 0.5) is 14.5 Å². The van der Waals surface area contributed by atoms with E-state index in [4.69, 9.17) is 4.42 Å². The minimum atomic E-state index is -2.39. The van der Waals surface area contributed by atoms with Gasteiger partial charge in [-0.2, -0.15) is 0 Å². The first-order valence-electron chi connectivity index (χ1n) is 6.15. The number of carbonyl (C=O) groups is 1. The minimum absolute atomic E-state index is 0.0641. The number of para-hydroxylation sites is 1. The summed E-state index contributed by atoms with van der Waals surface area (Å²) in [7, 11) is 0.